The molecule has 0 saturated heterocycles. The van der Waals surface area contributed by atoms with Gasteiger partial charge >= 0.3 is 0 Å². The Morgan fingerprint density at radius 1 is 1.50 bits per heavy atom. The predicted octanol–water partition coefficient (Wildman–Crippen LogP) is 2.48. The molecule has 0 radical (unpaired) electrons. The van der Waals surface area contributed by atoms with Gasteiger partial charge in [-0.1, -0.05) is 13.8 Å². The first-order valence-electron chi connectivity index (χ1n) is 2.71. The Hall–Kier alpha value is -0.150. The third-order valence-electron chi connectivity index (χ3n) is 0.866. The predicted molar refractivity (Wildman–Crippen MR) is 40.2 cm³/mol. The normalized spacial score (nSPS) is 7.75. The van der Waals surface area contributed by atoms with Crippen molar-refractivity contribution in [3.05, 3.63) is 0 Å². The zero-order valence-corrected chi connectivity index (χ0v) is 6.29. The molecule has 0 nitrogen and oxygen atoms in total. The molecule has 1 heteroatoms. The molecule has 0 N–H and O–H groups in total. The number of hydrogen-bond acceptors (Lipinski definition) is 0. The second-order valence-corrected chi connectivity index (χ2v) is 2.14. The summed E-state index contributed by atoms with van der Waals surface area (Å²) in [5.74, 6) is 3.36. The van der Waals surface area contributed by atoms with Crippen LogP contribution in [0.3, 0.4) is 0 Å². The van der Waals surface area contributed by atoms with E-state index in [0.717, 1.165) is 18.8 Å². The fourth-order valence-corrected chi connectivity index (χ4v) is 0.372. The van der Waals surface area contributed by atoms with Gasteiger partial charge in [0.25, 0.3) is 0 Å². The Morgan fingerprint density at radius 3 is 2.12 bits per heavy atom. The molecule has 0 spiro atoms. The summed E-state index contributed by atoms with van der Waals surface area (Å²) in [5, 5.41) is 0. The van der Waals surface area contributed by atoms with Gasteiger partial charge in [0.2, 0.25) is 0 Å². The fraction of sp³-hybridized carbons (Fsp3) is 0.714. The highest BCUT2D eigenvalue weighted by Gasteiger charge is 1.87. The van der Waals surface area contributed by atoms with Crippen molar-refractivity contribution in [1.29, 1.82) is 0 Å². The molecule has 48 valence electrons. The molecule has 0 rings (SSSR count). The molecular formula is C7H13Cl. The van der Waals surface area contributed by atoms with Crippen molar-refractivity contribution in [3.63, 3.8) is 0 Å². The van der Waals surface area contributed by atoms with E-state index in [1.54, 1.807) is 0 Å². The Kier molecular flexibility index (Phi) is 9.22. The number of rotatable bonds is 2. The van der Waals surface area contributed by atoms with E-state index in [1.165, 1.54) is 0 Å². The molecule has 0 saturated carbocycles. The molecule has 8 heavy (non-hydrogen) atoms. The summed E-state index contributed by atoms with van der Waals surface area (Å²) in [6.45, 7) is 4.36. The van der Waals surface area contributed by atoms with Gasteiger partial charge in [-0.2, -0.15) is 0 Å². The molecule has 0 aliphatic rings. The van der Waals surface area contributed by atoms with Crippen LogP contribution in [0.2, 0.25) is 0 Å². The third kappa shape index (κ3) is 9.28. The molecule has 0 amide bonds. The van der Waals surface area contributed by atoms with Crippen LogP contribution >= 0.6 is 12.4 Å². The minimum atomic E-state index is 0. The van der Waals surface area contributed by atoms with Crippen LogP contribution in [0.15, 0.2) is 0 Å². The largest absolute Gasteiger partial charge is 0.147 e. The summed E-state index contributed by atoms with van der Waals surface area (Å²) in [5.41, 5.74) is 0. The molecule has 0 unspecified atom stereocenters. The highest BCUT2D eigenvalue weighted by Crippen LogP contribution is 2.00. The molecule has 0 aromatic heterocycles. The summed E-state index contributed by atoms with van der Waals surface area (Å²) in [7, 11) is 0. The van der Waals surface area contributed by atoms with Gasteiger partial charge in [0.15, 0.2) is 0 Å². The van der Waals surface area contributed by atoms with Gasteiger partial charge in [-0.05, 0) is 12.3 Å². The van der Waals surface area contributed by atoms with E-state index in [-0.39, 0.29) is 12.4 Å². The van der Waals surface area contributed by atoms with Gasteiger partial charge in [-0.15, -0.1) is 24.8 Å². The maximum Gasteiger partial charge on any atom is 0.00884 e. The highest BCUT2D eigenvalue weighted by molar-refractivity contribution is 5.85. The Balaban J connectivity index is 0. The van der Waals surface area contributed by atoms with E-state index < -0.39 is 0 Å². The Labute approximate surface area is 58.1 Å². The summed E-state index contributed by atoms with van der Waals surface area (Å²) >= 11 is 0. The number of halogens is 1. The zero-order valence-electron chi connectivity index (χ0n) is 5.48. The lowest BCUT2D eigenvalue weighted by Gasteiger charge is -1.95. The minimum absolute atomic E-state index is 0. The third-order valence-corrected chi connectivity index (χ3v) is 0.866. The Bertz CT molecular complexity index is 68.9. The second kappa shape index (κ2) is 6.85. The van der Waals surface area contributed by atoms with E-state index in [9.17, 15) is 0 Å². The van der Waals surface area contributed by atoms with Crippen molar-refractivity contribution >= 4 is 12.4 Å². The van der Waals surface area contributed by atoms with Crippen LogP contribution < -0.4 is 0 Å². The van der Waals surface area contributed by atoms with Crippen LogP contribution in [0.5, 0.6) is 0 Å². The van der Waals surface area contributed by atoms with Gasteiger partial charge in [0, 0.05) is 6.42 Å². The average Bonchev–Trinajstić information content (AvgIpc) is 1.61. The smallest absolute Gasteiger partial charge is 0.00884 e. The van der Waals surface area contributed by atoms with E-state index in [4.69, 9.17) is 6.42 Å². The van der Waals surface area contributed by atoms with Crippen LogP contribution in [-0.2, 0) is 0 Å². The van der Waals surface area contributed by atoms with E-state index in [0.29, 0.717) is 0 Å². The lowest BCUT2D eigenvalue weighted by molar-refractivity contribution is 0.600. The summed E-state index contributed by atoms with van der Waals surface area (Å²) in [4.78, 5) is 0. The first kappa shape index (κ1) is 10.8. The van der Waals surface area contributed by atoms with Crippen LogP contribution in [-0.4, -0.2) is 0 Å². The molecule has 0 aromatic rings. The lowest BCUT2D eigenvalue weighted by atomic mass is 10.1. The first-order valence-corrected chi connectivity index (χ1v) is 2.71. The SMILES string of the molecule is C#CCCC(C)C.Cl. The first-order chi connectivity index (χ1) is 3.27. The van der Waals surface area contributed by atoms with Gasteiger partial charge < -0.3 is 0 Å². The molecular weight excluding hydrogens is 120 g/mol. The zero-order chi connectivity index (χ0) is 5.70. The van der Waals surface area contributed by atoms with Crippen LogP contribution in [0.1, 0.15) is 26.7 Å². The van der Waals surface area contributed by atoms with Gasteiger partial charge in [0.05, 0.1) is 0 Å². The molecule has 0 aliphatic heterocycles. The maximum atomic E-state index is 5.03. The summed E-state index contributed by atoms with van der Waals surface area (Å²) in [6.07, 6.45) is 7.12. The van der Waals surface area contributed by atoms with Crippen LogP contribution in [0.4, 0.5) is 0 Å². The topological polar surface area (TPSA) is 0 Å². The average molecular weight is 133 g/mol. The minimum Gasteiger partial charge on any atom is -0.147 e. The van der Waals surface area contributed by atoms with Gasteiger partial charge in [0.1, 0.15) is 0 Å². The monoisotopic (exact) mass is 132 g/mol. The number of hydrogen-bond donors (Lipinski definition) is 0. The maximum absolute atomic E-state index is 5.03. The standard InChI is InChI=1S/C7H12.ClH/c1-4-5-6-7(2)3;/h1,7H,5-6H2,2-3H3;1H. The fourth-order valence-electron chi connectivity index (χ4n) is 0.372. The van der Waals surface area contributed by atoms with Gasteiger partial charge in [-0.3, -0.25) is 0 Å². The molecule has 0 atom stereocenters. The molecule has 0 heterocycles. The van der Waals surface area contributed by atoms with E-state index in [2.05, 4.69) is 19.8 Å². The van der Waals surface area contributed by atoms with Gasteiger partial charge in [-0.25, -0.2) is 0 Å². The molecule has 0 aliphatic carbocycles. The summed E-state index contributed by atoms with van der Waals surface area (Å²) in [6, 6.07) is 0. The molecule has 0 bridgehead atoms. The van der Waals surface area contributed by atoms with Crippen LogP contribution in [0, 0.1) is 18.3 Å². The van der Waals surface area contributed by atoms with Crippen LogP contribution in [0.25, 0.3) is 0 Å². The van der Waals surface area contributed by atoms with E-state index in [1.807, 2.05) is 0 Å². The number of terminal acetylenes is 1. The summed E-state index contributed by atoms with van der Waals surface area (Å²) < 4.78 is 0. The lowest BCUT2D eigenvalue weighted by Crippen LogP contribution is -1.82. The quantitative estimate of drug-likeness (QED) is 0.507. The molecule has 0 fully saturated rings. The second-order valence-electron chi connectivity index (χ2n) is 2.14. The molecule has 0 aromatic carbocycles. The van der Waals surface area contributed by atoms with Crippen molar-refractivity contribution in [2.24, 2.45) is 5.92 Å². The van der Waals surface area contributed by atoms with Crippen molar-refractivity contribution in [2.45, 2.75) is 26.7 Å². The Morgan fingerprint density at radius 2 is 2.00 bits per heavy atom. The highest BCUT2D eigenvalue weighted by atomic mass is 35.5. The van der Waals surface area contributed by atoms with Crippen molar-refractivity contribution < 1.29 is 0 Å². The van der Waals surface area contributed by atoms with E-state index >= 15 is 0 Å². The van der Waals surface area contributed by atoms with Crippen molar-refractivity contribution in [1.82, 2.24) is 0 Å². The van der Waals surface area contributed by atoms with Crippen molar-refractivity contribution in [2.75, 3.05) is 0 Å². The van der Waals surface area contributed by atoms with Crippen molar-refractivity contribution in [3.8, 4) is 12.3 Å².